The smallest absolute Gasteiger partial charge is 0.344 e. The summed E-state index contributed by atoms with van der Waals surface area (Å²) in [7, 11) is 1.46. The minimum Gasteiger partial charge on any atom is -0.462 e. The summed E-state index contributed by atoms with van der Waals surface area (Å²) in [6.45, 7) is 6.15. The maximum absolute atomic E-state index is 12.3. The second-order valence-corrected chi connectivity index (χ2v) is 7.12. The first-order chi connectivity index (χ1) is 14.2. The SMILES string of the molecule is CCOC(=O)c1c(NC(=O)COC(=O)c2c(CC)noc2C)sc(C(=O)NC)c1C. The van der Waals surface area contributed by atoms with Gasteiger partial charge in [-0.15, -0.1) is 11.3 Å². The van der Waals surface area contributed by atoms with Crippen LogP contribution in [-0.2, 0) is 20.7 Å². The van der Waals surface area contributed by atoms with Gasteiger partial charge in [-0.05, 0) is 32.8 Å². The molecule has 2 aromatic heterocycles. The maximum Gasteiger partial charge on any atom is 0.344 e. The van der Waals surface area contributed by atoms with E-state index < -0.39 is 30.4 Å². The van der Waals surface area contributed by atoms with Gasteiger partial charge in [0, 0.05) is 7.05 Å². The normalized spacial score (nSPS) is 10.4. The number of anilines is 1. The van der Waals surface area contributed by atoms with Gasteiger partial charge >= 0.3 is 11.9 Å². The zero-order valence-electron chi connectivity index (χ0n) is 17.3. The van der Waals surface area contributed by atoms with Crippen LogP contribution in [0.5, 0.6) is 0 Å². The monoisotopic (exact) mass is 437 g/mol. The van der Waals surface area contributed by atoms with Crippen LogP contribution in [0.3, 0.4) is 0 Å². The van der Waals surface area contributed by atoms with Gasteiger partial charge < -0.3 is 24.6 Å². The number of hydrogen-bond donors (Lipinski definition) is 2. The summed E-state index contributed by atoms with van der Waals surface area (Å²) in [4.78, 5) is 49.3. The van der Waals surface area contributed by atoms with E-state index in [1.165, 1.54) is 7.05 Å². The average Bonchev–Trinajstić information content (AvgIpc) is 3.25. The van der Waals surface area contributed by atoms with Gasteiger partial charge in [-0.2, -0.15) is 0 Å². The fraction of sp³-hybridized carbons (Fsp3) is 0.421. The van der Waals surface area contributed by atoms with Gasteiger partial charge in [0.1, 0.15) is 16.3 Å². The van der Waals surface area contributed by atoms with E-state index in [1.807, 2.05) is 0 Å². The third kappa shape index (κ3) is 4.85. The minimum atomic E-state index is -0.736. The van der Waals surface area contributed by atoms with Crippen molar-refractivity contribution in [3.63, 3.8) is 0 Å². The Kier molecular flexibility index (Phi) is 7.70. The zero-order chi connectivity index (χ0) is 22.4. The molecular formula is C19H23N3O7S. The van der Waals surface area contributed by atoms with Crippen molar-refractivity contribution in [1.29, 1.82) is 0 Å². The van der Waals surface area contributed by atoms with E-state index in [1.54, 1.807) is 27.7 Å². The summed E-state index contributed by atoms with van der Waals surface area (Å²) in [5.41, 5.74) is 1.10. The lowest BCUT2D eigenvalue weighted by molar-refractivity contribution is -0.119. The van der Waals surface area contributed by atoms with Gasteiger partial charge in [0.25, 0.3) is 11.8 Å². The fourth-order valence-corrected chi connectivity index (χ4v) is 3.82. The number of ether oxygens (including phenoxy) is 2. The molecule has 2 aromatic rings. The van der Waals surface area contributed by atoms with Crippen molar-refractivity contribution < 1.29 is 33.2 Å². The Morgan fingerprint density at radius 2 is 1.73 bits per heavy atom. The maximum atomic E-state index is 12.3. The Hall–Kier alpha value is -3.21. The van der Waals surface area contributed by atoms with Crippen LogP contribution >= 0.6 is 11.3 Å². The van der Waals surface area contributed by atoms with Crippen molar-refractivity contribution in [2.24, 2.45) is 0 Å². The summed E-state index contributed by atoms with van der Waals surface area (Å²) >= 11 is 0.932. The molecule has 0 saturated heterocycles. The lowest BCUT2D eigenvalue weighted by Crippen LogP contribution is -2.22. The van der Waals surface area contributed by atoms with Crippen LogP contribution < -0.4 is 10.6 Å². The van der Waals surface area contributed by atoms with Crippen LogP contribution in [-0.4, -0.2) is 49.2 Å². The Morgan fingerprint density at radius 3 is 2.33 bits per heavy atom. The molecule has 2 N–H and O–H groups in total. The van der Waals surface area contributed by atoms with Crippen molar-refractivity contribution in [3.05, 3.63) is 33.0 Å². The van der Waals surface area contributed by atoms with E-state index >= 15 is 0 Å². The average molecular weight is 437 g/mol. The number of nitrogens with one attached hydrogen (secondary N) is 2. The molecule has 0 saturated carbocycles. The molecule has 0 aliphatic carbocycles. The molecule has 0 fully saturated rings. The van der Waals surface area contributed by atoms with Crippen LogP contribution in [0.2, 0.25) is 0 Å². The van der Waals surface area contributed by atoms with Gasteiger partial charge in [0.05, 0.1) is 22.7 Å². The number of amides is 2. The van der Waals surface area contributed by atoms with E-state index in [4.69, 9.17) is 14.0 Å². The number of aryl methyl sites for hydroxylation is 2. The Morgan fingerprint density at radius 1 is 1.07 bits per heavy atom. The van der Waals surface area contributed by atoms with Gasteiger partial charge in [0.2, 0.25) is 0 Å². The molecule has 0 bridgehead atoms. The number of carbonyl (C=O) groups is 4. The first-order valence-corrected chi connectivity index (χ1v) is 10.0. The highest BCUT2D eigenvalue weighted by atomic mass is 32.1. The molecule has 0 atom stereocenters. The first-order valence-electron chi connectivity index (χ1n) is 9.19. The van der Waals surface area contributed by atoms with Crippen LogP contribution in [0, 0.1) is 13.8 Å². The molecule has 11 heteroatoms. The van der Waals surface area contributed by atoms with Crippen molar-refractivity contribution in [3.8, 4) is 0 Å². The predicted molar refractivity (Wildman–Crippen MR) is 108 cm³/mol. The van der Waals surface area contributed by atoms with Crippen molar-refractivity contribution >= 4 is 40.1 Å². The van der Waals surface area contributed by atoms with Gasteiger partial charge in [0.15, 0.2) is 6.61 Å². The van der Waals surface area contributed by atoms with Gasteiger partial charge in [-0.25, -0.2) is 9.59 Å². The number of nitrogens with zero attached hydrogens (tertiary/aromatic N) is 1. The van der Waals surface area contributed by atoms with Gasteiger partial charge in [-0.1, -0.05) is 12.1 Å². The number of aromatic nitrogens is 1. The summed E-state index contributed by atoms with van der Waals surface area (Å²) in [6.07, 6.45) is 0.466. The molecule has 10 nitrogen and oxygen atoms in total. The third-order valence-corrected chi connectivity index (χ3v) is 5.33. The Balaban J connectivity index is 2.17. The van der Waals surface area contributed by atoms with Gasteiger partial charge in [-0.3, -0.25) is 9.59 Å². The Bertz CT molecular complexity index is 977. The minimum absolute atomic E-state index is 0.0864. The van der Waals surface area contributed by atoms with Crippen molar-refractivity contribution in [1.82, 2.24) is 10.5 Å². The molecular weight excluding hydrogens is 414 g/mol. The van der Waals surface area contributed by atoms with Crippen LogP contribution in [0.15, 0.2) is 4.52 Å². The molecule has 0 radical (unpaired) electrons. The molecule has 30 heavy (non-hydrogen) atoms. The Labute approximate surface area is 176 Å². The lowest BCUT2D eigenvalue weighted by Gasteiger charge is -2.08. The lowest BCUT2D eigenvalue weighted by atomic mass is 10.1. The van der Waals surface area contributed by atoms with Crippen LogP contribution in [0.1, 0.15) is 61.3 Å². The largest absolute Gasteiger partial charge is 0.462 e. The summed E-state index contributed by atoms with van der Waals surface area (Å²) in [6, 6.07) is 0. The zero-order valence-corrected chi connectivity index (χ0v) is 18.2. The molecule has 0 spiro atoms. The molecule has 2 heterocycles. The first kappa shape index (κ1) is 23.1. The van der Waals surface area contributed by atoms with Crippen LogP contribution in [0.4, 0.5) is 5.00 Å². The van der Waals surface area contributed by atoms with E-state index in [9.17, 15) is 19.2 Å². The predicted octanol–water partition coefficient (Wildman–Crippen LogP) is 2.25. The highest BCUT2D eigenvalue weighted by molar-refractivity contribution is 7.18. The van der Waals surface area contributed by atoms with E-state index in [0.717, 1.165) is 11.3 Å². The number of rotatable bonds is 8. The highest BCUT2D eigenvalue weighted by Gasteiger charge is 2.27. The summed E-state index contributed by atoms with van der Waals surface area (Å²) < 4.78 is 15.1. The molecule has 2 amide bonds. The van der Waals surface area contributed by atoms with Crippen molar-refractivity contribution in [2.45, 2.75) is 34.1 Å². The number of carbonyl (C=O) groups excluding carboxylic acids is 4. The molecule has 2 rings (SSSR count). The van der Waals surface area contributed by atoms with E-state index in [0.29, 0.717) is 23.4 Å². The summed E-state index contributed by atoms with van der Waals surface area (Å²) in [5, 5.41) is 8.91. The molecule has 162 valence electrons. The highest BCUT2D eigenvalue weighted by Crippen LogP contribution is 2.33. The second-order valence-electron chi connectivity index (χ2n) is 6.10. The number of hydrogen-bond acceptors (Lipinski definition) is 9. The number of thiophene rings is 1. The molecule has 0 aliphatic heterocycles. The topological polar surface area (TPSA) is 137 Å². The molecule has 0 aliphatic rings. The second kappa shape index (κ2) is 10.0. The number of esters is 2. The van der Waals surface area contributed by atoms with Crippen LogP contribution in [0.25, 0.3) is 0 Å². The fourth-order valence-electron chi connectivity index (χ4n) is 2.67. The summed E-state index contributed by atoms with van der Waals surface area (Å²) in [5.74, 6) is -2.18. The standard InChI is InChI=1S/C19H23N3O7S/c1-6-11-14(10(4)29-22-11)19(26)28-8-12(23)21-17-13(18(25)27-7-2)9(3)15(30-17)16(24)20-5/h6-8H2,1-5H3,(H,20,24)(H,21,23). The quantitative estimate of drug-likeness (QED) is 0.600. The van der Waals surface area contributed by atoms with E-state index in [2.05, 4.69) is 15.8 Å². The molecule has 0 aromatic carbocycles. The molecule has 0 unspecified atom stereocenters. The van der Waals surface area contributed by atoms with E-state index in [-0.39, 0.29) is 27.6 Å². The van der Waals surface area contributed by atoms with Crippen molar-refractivity contribution in [2.75, 3.05) is 25.6 Å². The third-order valence-electron chi connectivity index (χ3n) is 4.12.